The summed E-state index contributed by atoms with van der Waals surface area (Å²) in [5.74, 6) is -2.67. The number of aromatic nitrogens is 1. The molecule has 0 aliphatic carbocycles. The molecule has 2 aromatic heterocycles. The van der Waals surface area contributed by atoms with Crippen molar-refractivity contribution in [3.8, 4) is 16.9 Å². The molecule has 0 bridgehead atoms. The van der Waals surface area contributed by atoms with Crippen LogP contribution in [-0.4, -0.2) is 4.98 Å². The van der Waals surface area contributed by atoms with Crippen molar-refractivity contribution in [1.82, 2.24) is 4.98 Å². The van der Waals surface area contributed by atoms with Gasteiger partial charge in [0.15, 0.2) is 17.4 Å². The predicted molar refractivity (Wildman–Crippen MR) is 88.0 cm³/mol. The largest absolute Gasteiger partial charge is 0.483 e. The summed E-state index contributed by atoms with van der Waals surface area (Å²) in [6, 6.07) is 6.40. The first-order valence-electron chi connectivity index (χ1n) is 7.44. The zero-order valence-corrected chi connectivity index (χ0v) is 14.2. The Balaban J connectivity index is 2.01. The highest BCUT2D eigenvalue weighted by atomic mass is 32.1. The Morgan fingerprint density at radius 2 is 1.77 bits per heavy atom. The minimum atomic E-state index is -4.60. The summed E-state index contributed by atoms with van der Waals surface area (Å²) in [5, 5.41) is 1.34. The number of rotatable bonds is 4. The van der Waals surface area contributed by atoms with Crippen molar-refractivity contribution in [3.05, 3.63) is 69.7 Å². The van der Waals surface area contributed by atoms with Crippen LogP contribution in [-0.2, 0) is 12.8 Å². The third-order valence-electron chi connectivity index (χ3n) is 3.65. The quantitative estimate of drug-likeness (QED) is 0.514. The van der Waals surface area contributed by atoms with E-state index in [0.717, 1.165) is 18.2 Å². The van der Waals surface area contributed by atoms with E-state index in [1.54, 1.807) is 19.1 Å². The summed E-state index contributed by atoms with van der Waals surface area (Å²) >= 11 is 0.505. The number of ether oxygens (including phenoxy) is 1. The van der Waals surface area contributed by atoms with E-state index < -0.39 is 35.0 Å². The van der Waals surface area contributed by atoms with E-state index in [-0.39, 0.29) is 11.1 Å². The Labute approximate surface area is 149 Å². The van der Waals surface area contributed by atoms with Crippen LogP contribution in [0.1, 0.15) is 16.1 Å². The van der Waals surface area contributed by atoms with Gasteiger partial charge in [0.2, 0.25) is 0 Å². The second-order valence-corrected chi connectivity index (χ2v) is 6.36. The van der Waals surface area contributed by atoms with Crippen LogP contribution in [0.25, 0.3) is 11.1 Å². The summed E-state index contributed by atoms with van der Waals surface area (Å²) in [6.07, 6.45) is -3.15. The van der Waals surface area contributed by atoms with Crippen molar-refractivity contribution in [2.75, 3.05) is 0 Å². The van der Waals surface area contributed by atoms with Gasteiger partial charge in [-0.05, 0) is 30.5 Å². The van der Waals surface area contributed by atoms with Crippen LogP contribution >= 0.6 is 11.3 Å². The molecular formula is C18H12F5NOS. The van der Waals surface area contributed by atoms with Crippen LogP contribution in [0.4, 0.5) is 22.0 Å². The zero-order valence-electron chi connectivity index (χ0n) is 13.4. The molecule has 0 N–H and O–H groups in total. The molecule has 0 spiro atoms. The summed E-state index contributed by atoms with van der Waals surface area (Å²) in [7, 11) is 0. The van der Waals surface area contributed by atoms with E-state index in [0.29, 0.717) is 22.6 Å². The van der Waals surface area contributed by atoms with Crippen molar-refractivity contribution in [3.63, 3.8) is 0 Å². The Morgan fingerprint density at radius 3 is 2.35 bits per heavy atom. The summed E-state index contributed by atoms with van der Waals surface area (Å²) < 4.78 is 72.4. The number of aryl methyl sites for hydroxylation is 1. The zero-order chi connectivity index (χ0) is 18.9. The molecule has 0 fully saturated rings. The molecule has 0 saturated heterocycles. The molecule has 0 aliphatic heterocycles. The molecule has 0 unspecified atom stereocenters. The van der Waals surface area contributed by atoms with Gasteiger partial charge >= 0.3 is 6.18 Å². The second-order valence-electron chi connectivity index (χ2n) is 5.48. The highest BCUT2D eigenvalue weighted by molar-refractivity contribution is 7.10. The minimum absolute atomic E-state index is 0.184. The number of hydrogen-bond acceptors (Lipinski definition) is 3. The van der Waals surface area contributed by atoms with E-state index in [2.05, 4.69) is 4.98 Å². The lowest BCUT2D eigenvalue weighted by Gasteiger charge is -2.13. The van der Waals surface area contributed by atoms with Crippen molar-refractivity contribution in [1.29, 1.82) is 0 Å². The highest BCUT2D eigenvalue weighted by Gasteiger charge is 2.37. The number of pyridine rings is 1. The summed E-state index contributed by atoms with van der Waals surface area (Å²) in [5.41, 5.74) is 1.27. The van der Waals surface area contributed by atoms with Crippen LogP contribution in [0.3, 0.4) is 0 Å². The lowest BCUT2D eigenvalue weighted by molar-refractivity contribution is -0.135. The third kappa shape index (κ3) is 3.70. The smallest absolute Gasteiger partial charge is 0.426 e. The van der Waals surface area contributed by atoms with E-state index in [1.807, 2.05) is 0 Å². The van der Waals surface area contributed by atoms with E-state index in [1.165, 1.54) is 11.6 Å². The molecule has 2 nitrogen and oxygen atoms in total. The standard InChI is InChI=1S/C18H12F5NOS/c1-10-5-6-11(7-24-10)13-9-26-17(18(21,22)23)12(13)8-25-16-14(19)3-2-4-15(16)20/h2-7,9H,8H2,1H3. The molecule has 0 amide bonds. The molecule has 3 rings (SSSR count). The fourth-order valence-electron chi connectivity index (χ4n) is 2.40. The van der Waals surface area contributed by atoms with Gasteiger partial charge < -0.3 is 4.74 Å². The molecule has 136 valence electrons. The topological polar surface area (TPSA) is 22.1 Å². The van der Waals surface area contributed by atoms with Gasteiger partial charge in [-0.2, -0.15) is 13.2 Å². The average Bonchev–Trinajstić information content (AvgIpc) is 2.99. The number of benzene rings is 1. The average molecular weight is 385 g/mol. The number of nitrogens with zero attached hydrogens (tertiary/aromatic N) is 1. The first-order chi connectivity index (χ1) is 12.3. The SMILES string of the molecule is Cc1ccc(-c2csc(C(F)(F)F)c2COc2c(F)cccc2F)cn1. The van der Waals surface area contributed by atoms with Gasteiger partial charge in [0.05, 0.1) is 0 Å². The lowest BCUT2D eigenvalue weighted by atomic mass is 10.0. The molecule has 2 heterocycles. The van der Waals surface area contributed by atoms with Gasteiger partial charge in [-0.15, -0.1) is 11.3 Å². The molecular weight excluding hydrogens is 373 g/mol. The lowest BCUT2D eigenvalue weighted by Crippen LogP contribution is -2.09. The van der Waals surface area contributed by atoms with Crippen LogP contribution < -0.4 is 4.74 Å². The maximum Gasteiger partial charge on any atom is 0.426 e. The second kappa shape index (κ2) is 7.03. The van der Waals surface area contributed by atoms with Gasteiger partial charge in [0, 0.05) is 28.6 Å². The van der Waals surface area contributed by atoms with Crippen molar-refractivity contribution < 1.29 is 26.7 Å². The summed E-state index contributed by atoms with van der Waals surface area (Å²) in [6.45, 7) is 1.13. The van der Waals surface area contributed by atoms with Crippen molar-refractivity contribution in [2.24, 2.45) is 0 Å². The van der Waals surface area contributed by atoms with E-state index >= 15 is 0 Å². The Bertz CT molecular complexity index is 898. The predicted octanol–water partition coefficient (Wildman–Crippen LogP) is 5.99. The Kier molecular flexibility index (Phi) is 4.95. The third-order valence-corrected chi connectivity index (χ3v) is 4.72. The number of para-hydroxylation sites is 1. The van der Waals surface area contributed by atoms with E-state index in [4.69, 9.17) is 4.74 Å². The Morgan fingerprint density at radius 1 is 1.08 bits per heavy atom. The van der Waals surface area contributed by atoms with Crippen molar-refractivity contribution in [2.45, 2.75) is 19.7 Å². The van der Waals surface area contributed by atoms with Gasteiger partial charge in [-0.3, -0.25) is 4.98 Å². The molecule has 8 heteroatoms. The first-order valence-corrected chi connectivity index (χ1v) is 8.32. The maximum absolute atomic E-state index is 13.7. The maximum atomic E-state index is 13.7. The number of alkyl halides is 3. The Hall–Kier alpha value is -2.48. The molecule has 3 aromatic rings. The molecule has 0 aliphatic rings. The summed E-state index contributed by atoms with van der Waals surface area (Å²) in [4.78, 5) is 3.21. The fourth-order valence-corrected chi connectivity index (χ4v) is 3.36. The van der Waals surface area contributed by atoms with Crippen LogP contribution in [0, 0.1) is 18.6 Å². The van der Waals surface area contributed by atoms with Crippen LogP contribution in [0.5, 0.6) is 5.75 Å². The van der Waals surface area contributed by atoms with Crippen LogP contribution in [0.15, 0.2) is 41.9 Å². The van der Waals surface area contributed by atoms with Gasteiger partial charge in [0.1, 0.15) is 11.5 Å². The monoisotopic (exact) mass is 385 g/mol. The molecule has 0 saturated carbocycles. The number of halogens is 5. The number of hydrogen-bond donors (Lipinski definition) is 0. The van der Waals surface area contributed by atoms with Crippen LogP contribution in [0.2, 0.25) is 0 Å². The minimum Gasteiger partial charge on any atom is -0.483 e. The highest BCUT2D eigenvalue weighted by Crippen LogP contribution is 2.42. The molecule has 0 radical (unpaired) electrons. The first kappa shape index (κ1) is 18.3. The fraction of sp³-hybridized carbons (Fsp3) is 0.167. The number of thiophene rings is 1. The molecule has 1 aromatic carbocycles. The molecule has 0 atom stereocenters. The van der Waals surface area contributed by atoms with Gasteiger partial charge in [-0.25, -0.2) is 8.78 Å². The van der Waals surface area contributed by atoms with Crippen molar-refractivity contribution >= 4 is 11.3 Å². The van der Waals surface area contributed by atoms with Gasteiger partial charge in [0.25, 0.3) is 0 Å². The van der Waals surface area contributed by atoms with Gasteiger partial charge in [-0.1, -0.05) is 12.1 Å². The van der Waals surface area contributed by atoms with E-state index in [9.17, 15) is 22.0 Å². The normalized spacial score (nSPS) is 11.6. The molecule has 26 heavy (non-hydrogen) atoms.